The molecule has 1 aliphatic heterocycles. The smallest absolute Gasteiger partial charge is 0.352 e. The highest BCUT2D eigenvalue weighted by Gasteiger charge is 2.32. The molecule has 176 valence electrons. The summed E-state index contributed by atoms with van der Waals surface area (Å²) in [5.41, 5.74) is 2.03. The molecule has 1 unspecified atom stereocenters. The summed E-state index contributed by atoms with van der Waals surface area (Å²) in [5.74, 6) is -0.538. The number of anilines is 2. The second kappa shape index (κ2) is 9.46. The molecule has 3 heterocycles. The van der Waals surface area contributed by atoms with Gasteiger partial charge in [-0.1, -0.05) is 12.1 Å². The molecule has 4 rings (SSSR count). The van der Waals surface area contributed by atoms with Gasteiger partial charge in [-0.15, -0.1) is 0 Å². The van der Waals surface area contributed by atoms with Gasteiger partial charge in [0, 0.05) is 42.7 Å². The molecule has 1 aliphatic rings. The standard InChI is InChI=1S/C23H21F3N6O2/c1-13-8-15(10-17(9-13)31-22-27-7-6-19(32-22)23(24,25)26)14-2-4-18(28-11-14)21(34)29-12-16-3-5-20(33)30-16/h2,4,6-11,16H,3,5,12H2,1H3,(H,29,34)(H,30,33)(H,27,31,32). The second-order valence-corrected chi connectivity index (χ2v) is 7.92. The fraction of sp³-hybridized carbons (Fsp3) is 0.261. The molecule has 1 fully saturated rings. The number of carbonyl (C=O) groups is 2. The Morgan fingerprint density at radius 1 is 1.15 bits per heavy atom. The first-order valence-electron chi connectivity index (χ1n) is 10.5. The lowest BCUT2D eigenvalue weighted by molar-refractivity contribution is -0.141. The molecule has 0 radical (unpaired) electrons. The number of aryl methyl sites for hydroxylation is 1. The summed E-state index contributed by atoms with van der Waals surface area (Å²) in [4.78, 5) is 35.2. The first kappa shape index (κ1) is 23.1. The SMILES string of the molecule is Cc1cc(Nc2nccc(C(F)(F)F)n2)cc(-c2ccc(C(=O)NCC3CCC(=O)N3)nc2)c1. The first-order chi connectivity index (χ1) is 16.2. The third kappa shape index (κ3) is 5.66. The zero-order chi connectivity index (χ0) is 24.3. The van der Waals surface area contributed by atoms with Crippen molar-refractivity contribution in [1.82, 2.24) is 25.6 Å². The summed E-state index contributed by atoms with van der Waals surface area (Å²) >= 11 is 0. The summed E-state index contributed by atoms with van der Waals surface area (Å²) in [7, 11) is 0. The number of hydrogen-bond acceptors (Lipinski definition) is 6. The van der Waals surface area contributed by atoms with E-state index in [4.69, 9.17) is 0 Å². The van der Waals surface area contributed by atoms with Crippen molar-refractivity contribution in [2.45, 2.75) is 32.0 Å². The van der Waals surface area contributed by atoms with Crippen LogP contribution in [0.2, 0.25) is 0 Å². The summed E-state index contributed by atoms with van der Waals surface area (Å²) in [6.07, 6.45) is -0.835. The Morgan fingerprint density at radius 3 is 2.65 bits per heavy atom. The zero-order valence-electron chi connectivity index (χ0n) is 18.1. The molecule has 0 aliphatic carbocycles. The number of alkyl halides is 3. The number of benzene rings is 1. The first-order valence-corrected chi connectivity index (χ1v) is 10.5. The van der Waals surface area contributed by atoms with Crippen LogP contribution in [-0.2, 0) is 11.0 Å². The van der Waals surface area contributed by atoms with E-state index in [-0.39, 0.29) is 29.5 Å². The van der Waals surface area contributed by atoms with Gasteiger partial charge in [0.1, 0.15) is 11.4 Å². The number of carbonyl (C=O) groups excluding carboxylic acids is 2. The van der Waals surface area contributed by atoms with Gasteiger partial charge in [0.2, 0.25) is 11.9 Å². The van der Waals surface area contributed by atoms with Gasteiger partial charge in [-0.05, 0) is 48.7 Å². The van der Waals surface area contributed by atoms with Crippen LogP contribution in [0, 0.1) is 6.92 Å². The van der Waals surface area contributed by atoms with E-state index in [1.54, 1.807) is 30.5 Å². The average molecular weight is 470 g/mol. The number of nitrogens with zero attached hydrogens (tertiary/aromatic N) is 3. The maximum atomic E-state index is 12.9. The van der Waals surface area contributed by atoms with Crippen molar-refractivity contribution in [3.63, 3.8) is 0 Å². The van der Waals surface area contributed by atoms with Gasteiger partial charge in [-0.3, -0.25) is 14.6 Å². The molecule has 0 bridgehead atoms. The summed E-state index contributed by atoms with van der Waals surface area (Å²) < 4.78 is 38.8. The number of aromatic nitrogens is 3. The van der Waals surface area contributed by atoms with Gasteiger partial charge in [-0.2, -0.15) is 13.2 Å². The van der Waals surface area contributed by atoms with E-state index in [2.05, 4.69) is 30.9 Å². The molecule has 0 saturated carbocycles. The highest BCUT2D eigenvalue weighted by Crippen LogP contribution is 2.29. The van der Waals surface area contributed by atoms with E-state index >= 15 is 0 Å². The molecule has 1 atom stereocenters. The van der Waals surface area contributed by atoms with Crippen molar-refractivity contribution in [1.29, 1.82) is 0 Å². The Balaban J connectivity index is 1.46. The Bertz CT molecular complexity index is 1210. The van der Waals surface area contributed by atoms with Gasteiger partial charge in [-0.25, -0.2) is 9.97 Å². The highest BCUT2D eigenvalue weighted by atomic mass is 19.4. The number of halogens is 3. The van der Waals surface area contributed by atoms with E-state index in [9.17, 15) is 22.8 Å². The number of hydrogen-bond donors (Lipinski definition) is 3. The quantitative estimate of drug-likeness (QED) is 0.508. The van der Waals surface area contributed by atoms with Crippen molar-refractivity contribution < 1.29 is 22.8 Å². The molecular formula is C23H21F3N6O2. The number of rotatable bonds is 6. The lowest BCUT2D eigenvalue weighted by Gasteiger charge is -2.12. The van der Waals surface area contributed by atoms with E-state index < -0.39 is 11.9 Å². The Hall–Kier alpha value is -4.02. The molecule has 0 spiro atoms. The summed E-state index contributed by atoms with van der Waals surface area (Å²) in [5, 5.41) is 8.35. The van der Waals surface area contributed by atoms with Crippen LogP contribution in [0.3, 0.4) is 0 Å². The molecule has 2 amide bonds. The Morgan fingerprint density at radius 2 is 1.97 bits per heavy atom. The van der Waals surface area contributed by atoms with Gasteiger partial charge in [0.05, 0.1) is 0 Å². The van der Waals surface area contributed by atoms with Crippen LogP contribution in [0.25, 0.3) is 11.1 Å². The molecule has 1 aromatic carbocycles. The Labute approximate surface area is 193 Å². The minimum atomic E-state index is -4.57. The summed E-state index contributed by atoms with van der Waals surface area (Å²) in [6.45, 7) is 2.18. The van der Waals surface area contributed by atoms with Crippen molar-refractivity contribution >= 4 is 23.5 Å². The number of pyridine rings is 1. The largest absolute Gasteiger partial charge is 0.433 e. The van der Waals surface area contributed by atoms with Crippen LogP contribution in [0.15, 0.2) is 48.8 Å². The van der Waals surface area contributed by atoms with Gasteiger partial charge < -0.3 is 16.0 Å². The molecule has 8 nitrogen and oxygen atoms in total. The van der Waals surface area contributed by atoms with Gasteiger partial charge >= 0.3 is 6.18 Å². The van der Waals surface area contributed by atoms with Gasteiger partial charge in [0.25, 0.3) is 5.91 Å². The van der Waals surface area contributed by atoms with E-state index in [0.717, 1.165) is 29.0 Å². The topological polar surface area (TPSA) is 109 Å². The number of nitrogens with one attached hydrogen (secondary N) is 3. The van der Waals surface area contributed by atoms with Crippen LogP contribution in [0.5, 0.6) is 0 Å². The van der Waals surface area contributed by atoms with Crippen LogP contribution < -0.4 is 16.0 Å². The summed E-state index contributed by atoms with van der Waals surface area (Å²) in [6, 6.07) is 9.43. The molecule has 34 heavy (non-hydrogen) atoms. The van der Waals surface area contributed by atoms with Crippen molar-refractivity contribution in [2.24, 2.45) is 0 Å². The van der Waals surface area contributed by atoms with Crippen LogP contribution >= 0.6 is 0 Å². The molecule has 1 saturated heterocycles. The minimum absolute atomic E-state index is 0.0200. The van der Waals surface area contributed by atoms with Crippen LogP contribution in [0.1, 0.15) is 34.6 Å². The lowest BCUT2D eigenvalue weighted by Crippen LogP contribution is -2.38. The second-order valence-electron chi connectivity index (χ2n) is 7.92. The predicted octanol–water partition coefficient (Wildman–Crippen LogP) is 3.62. The monoisotopic (exact) mass is 470 g/mol. The average Bonchev–Trinajstić information content (AvgIpc) is 3.22. The van der Waals surface area contributed by atoms with E-state index in [1.165, 1.54) is 0 Å². The lowest BCUT2D eigenvalue weighted by atomic mass is 10.0. The highest BCUT2D eigenvalue weighted by molar-refractivity contribution is 5.92. The molecule has 3 aromatic rings. The molecule has 11 heteroatoms. The maximum Gasteiger partial charge on any atom is 0.433 e. The molecular weight excluding hydrogens is 449 g/mol. The maximum absolute atomic E-state index is 12.9. The Kier molecular flexibility index (Phi) is 6.44. The van der Waals surface area contributed by atoms with Crippen LogP contribution in [0.4, 0.5) is 24.8 Å². The third-order valence-corrected chi connectivity index (χ3v) is 5.20. The van der Waals surface area contributed by atoms with Crippen molar-refractivity contribution in [2.75, 3.05) is 11.9 Å². The fourth-order valence-electron chi connectivity index (χ4n) is 3.56. The van der Waals surface area contributed by atoms with E-state index in [1.807, 2.05) is 13.0 Å². The molecule has 3 N–H and O–H groups in total. The van der Waals surface area contributed by atoms with Gasteiger partial charge in [0.15, 0.2) is 0 Å². The fourth-order valence-corrected chi connectivity index (χ4v) is 3.56. The van der Waals surface area contributed by atoms with E-state index in [0.29, 0.717) is 25.1 Å². The van der Waals surface area contributed by atoms with Crippen LogP contribution in [-0.4, -0.2) is 39.4 Å². The third-order valence-electron chi connectivity index (χ3n) is 5.20. The van der Waals surface area contributed by atoms with Crippen molar-refractivity contribution in [3.8, 4) is 11.1 Å². The predicted molar refractivity (Wildman–Crippen MR) is 118 cm³/mol. The van der Waals surface area contributed by atoms with Crippen molar-refractivity contribution in [3.05, 3.63) is 65.7 Å². The molecule has 2 aromatic heterocycles. The minimum Gasteiger partial charge on any atom is -0.352 e. The number of amides is 2. The zero-order valence-corrected chi connectivity index (χ0v) is 18.1. The normalized spacial score (nSPS) is 15.6.